The summed E-state index contributed by atoms with van der Waals surface area (Å²) in [5.74, 6) is -1.30. The fourth-order valence-corrected chi connectivity index (χ4v) is 3.13. The lowest BCUT2D eigenvalue weighted by atomic mass is 10.2. The molecular weight excluding hydrogens is 355 g/mol. The van der Waals surface area contributed by atoms with Crippen molar-refractivity contribution in [3.8, 4) is 0 Å². The maximum atomic E-state index is 13.5. The number of hydrogen-bond acceptors (Lipinski definition) is 5. The Balaban J connectivity index is 1.56. The van der Waals surface area contributed by atoms with Gasteiger partial charge in [-0.15, -0.1) is 5.10 Å². The summed E-state index contributed by atoms with van der Waals surface area (Å²) in [6.45, 7) is 0. The van der Waals surface area contributed by atoms with Gasteiger partial charge in [-0.05, 0) is 17.7 Å². The first kappa shape index (κ1) is 17.8. The van der Waals surface area contributed by atoms with Gasteiger partial charge in [-0.25, -0.2) is 4.39 Å². The second kappa shape index (κ2) is 8.39. The molecule has 1 aliphatic heterocycles. The molecule has 26 heavy (non-hydrogen) atoms. The van der Waals surface area contributed by atoms with E-state index in [0.29, 0.717) is 5.17 Å². The Morgan fingerprint density at radius 1 is 1.19 bits per heavy atom. The van der Waals surface area contributed by atoms with Gasteiger partial charge in [0.1, 0.15) is 11.1 Å². The van der Waals surface area contributed by atoms with Crippen LogP contribution in [0.4, 0.5) is 10.1 Å². The fraction of sp³-hybridized carbons (Fsp3) is 0.111. The van der Waals surface area contributed by atoms with Crippen LogP contribution in [-0.4, -0.2) is 28.4 Å². The molecule has 2 N–H and O–H groups in total. The number of benzene rings is 2. The third-order valence-electron chi connectivity index (χ3n) is 3.45. The molecule has 3 rings (SSSR count). The van der Waals surface area contributed by atoms with E-state index < -0.39 is 17.0 Å². The maximum Gasteiger partial charge on any atom is 0.240 e. The largest absolute Gasteiger partial charge is 0.324 e. The Labute approximate surface area is 153 Å². The van der Waals surface area contributed by atoms with E-state index in [0.717, 1.165) is 17.3 Å². The summed E-state index contributed by atoms with van der Waals surface area (Å²) < 4.78 is 13.5. The van der Waals surface area contributed by atoms with Gasteiger partial charge >= 0.3 is 0 Å². The molecule has 0 spiro atoms. The van der Waals surface area contributed by atoms with Crippen LogP contribution in [0.3, 0.4) is 0 Å². The van der Waals surface area contributed by atoms with Crippen LogP contribution < -0.4 is 10.6 Å². The summed E-state index contributed by atoms with van der Waals surface area (Å²) in [5, 5.41) is 12.6. The molecule has 2 amide bonds. The molecule has 1 fully saturated rings. The van der Waals surface area contributed by atoms with Crippen LogP contribution in [0.25, 0.3) is 0 Å². The lowest BCUT2D eigenvalue weighted by molar-refractivity contribution is -0.122. The SMILES string of the molecule is O=C(C[C@H]1S/C(=N/N=C\c2ccccc2)NC1=O)Nc1ccccc1F. The van der Waals surface area contributed by atoms with Gasteiger partial charge in [-0.2, -0.15) is 5.10 Å². The number of rotatable bonds is 5. The van der Waals surface area contributed by atoms with Gasteiger partial charge in [-0.1, -0.05) is 54.2 Å². The van der Waals surface area contributed by atoms with Crippen LogP contribution in [0.15, 0.2) is 64.8 Å². The van der Waals surface area contributed by atoms with E-state index in [-0.39, 0.29) is 18.0 Å². The van der Waals surface area contributed by atoms with Crippen molar-refractivity contribution in [3.63, 3.8) is 0 Å². The number of nitrogens with zero attached hydrogens (tertiary/aromatic N) is 2. The number of para-hydroxylation sites is 1. The highest BCUT2D eigenvalue weighted by atomic mass is 32.2. The first-order valence-corrected chi connectivity index (χ1v) is 8.68. The van der Waals surface area contributed by atoms with Crippen LogP contribution in [0.2, 0.25) is 0 Å². The van der Waals surface area contributed by atoms with Gasteiger partial charge in [0.25, 0.3) is 0 Å². The molecule has 1 aliphatic rings. The van der Waals surface area contributed by atoms with Crippen molar-refractivity contribution in [2.45, 2.75) is 11.7 Å². The number of halogens is 1. The molecule has 0 unspecified atom stereocenters. The number of amides is 2. The second-order valence-electron chi connectivity index (χ2n) is 5.39. The number of carbonyl (C=O) groups excluding carboxylic acids is 2. The van der Waals surface area contributed by atoms with E-state index in [1.807, 2.05) is 30.3 Å². The van der Waals surface area contributed by atoms with Crippen LogP contribution in [0, 0.1) is 5.82 Å². The Morgan fingerprint density at radius 2 is 1.92 bits per heavy atom. The monoisotopic (exact) mass is 370 g/mol. The Hall–Kier alpha value is -3.00. The van der Waals surface area contributed by atoms with E-state index in [2.05, 4.69) is 20.8 Å². The molecule has 0 radical (unpaired) electrons. The van der Waals surface area contributed by atoms with Gasteiger partial charge in [-0.3, -0.25) is 9.59 Å². The smallest absolute Gasteiger partial charge is 0.240 e. The quantitative estimate of drug-likeness (QED) is 0.627. The van der Waals surface area contributed by atoms with Gasteiger partial charge in [0.15, 0.2) is 5.17 Å². The molecule has 1 heterocycles. The normalized spacial score (nSPS) is 18.3. The molecule has 2 aromatic carbocycles. The highest BCUT2D eigenvalue weighted by Crippen LogP contribution is 2.23. The lowest BCUT2D eigenvalue weighted by Crippen LogP contribution is -2.28. The van der Waals surface area contributed by atoms with Crippen molar-refractivity contribution in [2.75, 3.05) is 5.32 Å². The highest BCUT2D eigenvalue weighted by molar-refractivity contribution is 8.15. The minimum atomic E-state index is -0.632. The minimum absolute atomic E-state index is 0.0854. The van der Waals surface area contributed by atoms with E-state index in [4.69, 9.17) is 0 Å². The van der Waals surface area contributed by atoms with Crippen LogP contribution >= 0.6 is 11.8 Å². The number of thioether (sulfide) groups is 1. The van der Waals surface area contributed by atoms with Crippen molar-refractivity contribution >= 4 is 40.6 Å². The summed E-state index contributed by atoms with van der Waals surface area (Å²) in [5.41, 5.74) is 0.967. The van der Waals surface area contributed by atoms with Crippen LogP contribution in [-0.2, 0) is 9.59 Å². The van der Waals surface area contributed by atoms with Gasteiger partial charge < -0.3 is 10.6 Å². The lowest BCUT2D eigenvalue weighted by Gasteiger charge is -2.07. The third kappa shape index (κ3) is 4.76. The molecule has 132 valence electrons. The summed E-state index contributed by atoms with van der Waals surface area (Å²) in [7, 11) is 0. The molecular formula is C18H15FN4O2S. The zero-order valence-electron chi connectivity index (χ0n) is 13.6. The summed E-state index contributed by atoms with van der Waals surface area (Å²) in [6.07, 6.45) is 1.48. The van der Waals surface area contributed by atoms with Gasteiger partial charge in [0, 0.05) is 6.42 Å². The number of hydrogen-bond donors (Lipinski definition) is 2. The van der Waals surface area contributed by atoms with Crippen molar-refractivity contribution < 1.29 is 14.0 Å². The minimum Gasteiger partial charge on any atom is -0.324 e. The topological polar surface area (TPSA) is 82.9 Å². The Morgan fingerprint density at radius 3 is 2.69 bits per heavy atom. The molecule has 0 aromatic heterocycles. The van der Waals surface area contributed by atoms with Crippen molar-refractivity contribution in [1.82, 2.24) is 5.32 Å². The predicted octanol–water partition coefficient (Wildman–Crippen LogP) is 2.78. The number of nitrogens with one attached hydrogen (secondary N) is 2. The van der Waals surface area contributed by atoms with E-state index in [1.54, 1.807) is 12.3 Å². The van der Waals surface area contributed by atoms with Gasteiger partial charge in [0.05, 0.1) is 11.9 Å². The third-order valence-corrected chi connectivity index (χ3v) is 4.52. The summed E-state index contributed by atoms with van der Waals surface area (Å²) in [6, 6.07) is 15.3. The fourth-order valence-electron chi connectivity index (χ4n) is 2.21. The molecule has 6 nitrogen and oxygen atoms in total. The van der Waals surface area contributed by atoms with Crippen LogP contribution in [0.5, 0.6) is 0 Å². The van der Waals surface area contributed by atoms with Gasteiger partial charge in [0.2, 0.25) is 11.8 Å². The first-order valence-electron chi connectivity index (χ1n) is 7.80. The van der Waals surface area contributed by atoms with E-state index in [1.165, 1.54) is 18.2 Å². The summed E-state index contributed by atoms with van der Waals surface area (Å²) in [4.78, 5) is 24.0. The zero-order chi connectivity index (χ0) is 18.4. The van der Waals surface area contributed by atoms with Crippen molar-refractivity contribution in [1.29, 1.82) is 0 Å². The van der Waals surface area contributed by atoms with Crippen molar-refractivity contribution in [3.05, 3.63) is 66.0 Å². The number of anilines is 1. The molecule has 1 atom stereocenters. The molecule has 0 bridgehead atoms. The Kier molecular flexibility index (Phi) is 5.75. The molecule has 0 saturated carbocycles. The molecule has 8 heteroatoms. The standard InChI is InChI=1S/C18H15FN4O2S/c19-13-8-4-5-9-14(13)21-16(24)10-15-17(25)22-18(26-15)23-20-11-12-6-2-1-3-7-12/h1-9,11,15H,10H2,(H,21,24)(H,22,23,25)/b20-11-/t15-/m1/s1. The average Bonchev–Trinajstić information content (AvgIpc) is 2.97. The average molecular weight is 370 g/mol. The molecule has 1 saturated heterocycles. The molecule has 0 aliphatic carbocycles. The zero-order valence-corrected chi connectivity index (χ0v) is 14.4. The van der Waals surface area contributed by atoms with Crippen LogP contribution in [0.1, 0.15) is 12.0 Å². The highest BCUT2D eigenvalue weighted by Gasteiger charge is 2.32. The predicted molar refractivity (Wildman–Crippen MR) is 101 cm³/mol. The maximum absolute atomic E-state index is 13.5. The second-order valence-corrected chi connectivity index (χ2v) is 6.58. The number of amidine groups is 1. The van der Waals surface area contributed by atoms with E-state index >= 15 is 0 Å². The van der Waals surface area contributed by atoms with E-state index in [9.17, 15) is 14.0 Å². The van der Waals surface area contributed by atoms with Crippen molar-refractivity contribution in [2.24, 2.45) is 10.2 Å². The first-order chi connectivity index (χ1) is 12.6. The summed E-state index contributed by atoms with van der Waals surface area (Å²) >= 11 is 1.12. The number of carbonyl (C=O) groups is 2. The Bertz CT molecular complexity index is 871. The molecule has 2 aromatic rings.